The highest BCUT2D eigenvalue weighted by molar-refractivity contribution is 6.29. The van der Waals surface area contributed by atoms with E-state index in [9.17, 15) is 0 Å². The third-order valence-electron chi connectivity index (χ3n) is 10.3. The van der Waals surface area contributed by atoms with Crippen LogP contribution in [0.5, 0.6) is 0 Å². The van der Waals surface area contributed by atoms with Crippen molar-refractivity contribution in [2.75, 3.05) is 0 Å². The molecule has 0 bridgehead atoms. The van der Waals surface area contributed by atoms with Gasteiger partial charge in [-0.05, 0) is 78.3 Å². The van der Waals surface area contributed by atoms with Crippen LogP contribution in [-0.2, 0) is 0 Å². The lowest BCUT2D eigenvalue weighted by Gasteiger charge is -2.15. The molecule has 0 aliphatic carbocycles. The topological polar surface area (TPSA) is 14.8 Å². The van der Waals surface area contributed by atoms with Gasteiger partial charge in [0, 0.05) is 49.3 Å². The number of nitrogens with zero attached hydrogens (tertiary/aromatic N) is 3. The van der Waals surface area contributed by atoms with Gasteiger partial charge in [-0.1, -0.05) is 115 Å². The fourth-order valence-corrected chi connectivity index (χ4v) is 8.28. The molecule has 0 unspecified atom stereocenters. The smallest absolute Gasteiger partial charge is 0.0645 e. The molecule has 0 aliphatic heterocycles. The molecule has 0 spiro atoms. The monoisotopic (exact) mass is 654 g/mol. The molecule has 11 rings (SSSR count). The van der Waals surface area contributed by atoms with Crippen LogP contribution in [-0.4, -0.2) is 13.7 Å². The van der Waals surface area contributed by atoms with E-state index in [-0.39, 0.29) is 29.9 Å². The van der Waals surface area contributed by atoms with Crippen LogP contribution in [0, 0.1) is 0 Å². The summed E-state index contributed by atoms with van der Waals surface area (Å²) in [7, 11) is 0. The summed E-state index contributed by atoms with van der Waals surface area (Å²) in [5, 5.41) is 6.66. The predicted octanol–water partition coefficient (Wildman–Crippen LogP) is 12.6. The number of hydrogen-bond donors (Lipinski definition) is 0. The first-order valence-corrected chi connectivity index (χ1v) is 17.1. The van der Waals surface area contributed by atoms with E-state index in [2.05, 4.69) is 137 Å². The van der Waals surface area contributed by atoms with E-state index in [0.29, 0.717) is 0 Å². The SMILES string of the molecule is [2H]c1c([2H])c([2H])c(-n2c3ccccc3c3cc(-c4ccccc4-n4c5ccccc5c5c6c7ccccc7n(-c7ccccc7)c6ccc54)ccc32)c([2H])c1[2H]. The third kappa shape index (κ3) is 4.00. The summed E-state index contributed by atoms with van der Waals surface area (Å²) in [6, 6.07) is 53.4. The molecular weight excluding hydrogens is 619 g/mol. The van der Waals surface area contributed by atoms with Gasteiger partial charge in [-0.25, -0.2) is 0 Å². The second kappa shape index (κ2) is 10.8. The zero-order chi connectivity index (χ0) is 37.8. The van der Waals surface area contributed by atoms with Crippen LogP contribution >= 0.6 is 0 Å². The molecule has 3 heteroatoms. The Labute approximate surface area is 301 Å². The molecule has 0 radical (unpaired) electrons. The van der Waals surface area contributed by atoms with E-state index in [4.69, 9.17) is 6.85 Å². The lowest BCUT2D eigenvalue weighted by atomic mass is 10.0. The van der Waals surface area contributed by atoms with E-state index in [1.165, 1.54) is 21.5 Å². The van der Waals surface area contributed by atoms with Gasteiger partial charge in [0.15, 0.2) is 0 Å². The summed E-state index contributed by atoms with van der Waals surface area (Å²) < 4.78 is 49.2. The minimum atomic E-state index is -0.406. The maximum absolute atomic E-state index is 8.82. The molecule has 51 heavy (non-hydrogen) atoms. The van der Waals surface area contributed by atoms with Crippen molar-refractivity contribution < 1.29 is 6.85 Å². The quantitative estimate of drug-likeness (QED) is 0.179. The Kier molecular flexibility index (Phi) is 4.99. The molecule has 3 heterocycles. The van der Waals surface area contributed by atoms with Crippen LogP contribution in [0.4, 0.5) is 0 Å². The normalized spacial score (nSPS) is 13.3. The predicted molar refractivity (Wildman–Crippen MR) is 215 cm³/mol. The van der Waals surface area contributed by atoms with Crippen LogP contribution in [0.15, 0.2) is 188 Å². The average molecular weight is 655 g/mol. The minimum Gasteiger partial charge on any atom is -0.309 e. The number of rotatable bonds is 4. The maximum atomic E-state index is 8.82. The molecule has 0 N–H and O–H groups in total. The van der Waals surface area contributed by atoms with E-state index in [1.807, 2.05) is 34.9 Å². The van der Waals surface area contributed by atoms with E-state index < -0.39 is 6.04 Å². The van der Waals surface area contributed by atoms with Crippen molar-refractivity contribution >= 4 is 65.4 Å². The fourth-order valence-electron chi connectivity index (χ4n) is 8.28. The van der Waals surface area contributed by atoms with Gasteiger partial charge in [0.2, 0.25) is 0 Å². The summed E-state index contributed by atoms with van der Waals surface area (Å²) in [4.78, 5) is 0. The molecule has 0 amide bonds. The molecule has 0 aliphatic rings. The van der Waals surface area contributed by atoms with Gasteiger partial charge in [-0.15, -0.1) is 0 Å². The van der Waals surface area contributed by atoms with Crippen LogP contribution in [0.2, 0.25) is 0 Å². The molecule has 238 valence electrons. The fraction of sp³-hybridized carbons (Fsp3) is 0. The van der Waals surface area contributed by atoms with Gasteiger partial charge in [-0.3, -0.25) is 0 Å². The molecule has 0 saturated carbocycles. The van der Waals surface area contributed by atoms with Crippen molar-refractivity contribution in [1.82, 2.24) is 13.7 Å². The zero-order valence-electron chi connectivity index (χ0n) is 32.4. The molecule has 0 atom stereocenters. The molecule has 11 aromatic rings. The van der Waals surface area contributed by atoms with Gasteiger partial charge in [0.25, 0.3) is 0 Å². The molecule has 3 nitrogen and oxygen atoms in total. The van der Waals surface area contributed by atoms with Crippen molar-refractivity contribution in [2.45, 2.75) is 0 Å². The van der Waals surface area contributed by atoms with Crippen LogP contribution in [0.25, 0.3) is 93.6 Å². The Morgan fingerprint density at radius 1 is 0.353 bits per heavy atom. The zero-order valence-corrected chi connectivity index (χ0v) is 27.4. The van der Waals surface area contributed by atoms with E-state index in [1.54, 1.807) is 0 Å². The summed E-state index contributed by atoms with van der Waals surface area (Å²) in [5.74, 6) is 0. The first kappa shape index (κ1) is 23.5. The first-order valence-electron chi connectivity index (χ1n) is 19.6. The van der Waals surface area contributed by atoms with Crippen molar-refractivity contribution in [1.29, 1.82) is 0 Å². The van der Waals surface area contributed by atoms with Gasteiger partial charge in [-0.2, -0.15) is 0 Å². The summed E-state index contributed by atoms with van der Waals surface area (Å²) in [5.41, 5.74) is 10.4. The third-order valence-corrected chi connectivity index (χ3v) is 10.3. The maximum Gasteiger partial charge on any atom is 0.0645 e. The Morgan fingerprint density at radius 3 is 1.59 bits per heavy atom. The molecule has 0 saturated heterocycles. The number of para-hydroxylation sites is 6. The van der Waals surface area contributed by atoms with E-state index in [0.717, 1.165) is 66.4 Å². The van der Waals surface area contributed by atoms with Crippen LogP contribution in [0.1, 0.15) is 6.85 Å². The lowest BCUT2D eigenvalue weighted by Crippen LogP contribution is -1.97. The second-order valence-electron chi connectivity index (χ2n) is 13.0. The van der Waals surface area contributed by atoms with E-state index >= 15 is 0 Å². The molecule has 0 fully saturated rings. The first-order chi connectivity index (χ1) is 27.4. The summed E-state index contributed by atoms with van der Waals surface area (Å²) in [6.45, 7) is 0. The average Bonchev–Trinajstić information content (AvgIpc) is 3.88. The van der Waals surface area contributed by atoms with Crippen LogP contribution in [0.3, 0.4) is 0 Å². The minimum absolute atomic E-state index is 0.139. The highest BCUT2D eigenvalue weighted by atomic mass is 15.0. The van der Waals surface area contributed by atoms with Gasteiger partial charge in [0.05, 0.1) is 45.6 Å². The number of benzene rings is 8. The highest BCUT2D eigenvalue weighted by Crippen LogP contribution is 2.44. The summed E-state index contributed by atoms with van der Waals surface area (Å²) in [6.07, 6.45) is 0. The molecule has 3 aromatic heterocycles. The van der Waals surface area contributed by atoms with Gasteiger partial charge >= 0.3 is 0 Å². The largest absolute Gasteiger partial charge is 0.309 e. The number of aromatic nitrogens is 3. The standard InChI is InChI=1S/C48H31N3/c1-3-15-33(16-4-1)49-41-24-12-8-20-36(41)39-31-32(27-28-44(39)49)35-19-7-11-23-40(35)51-43-26-14-10-22-38(43)48-46(51)30-29-45-47(48)37-21-9-13-25-42(37)50(45)34-17-5-2-6-18-34/h1-31H/i1D,3D,4D,15D,16D. The Morgan fingerprint density at radius 2 is 0.863 bits per heavy atom. The van der Waals surface area contributed by atoms with Crippen molar-refractivity contribution in [3.05, 3.63) is 188 Å². The number of fused-ring (bicyclic) bond motifs is 10. The molecule has 8 aromatic carbocycles. The Hall–Kier alpha value is -6.84. The second-order valence-corrected chi connectivity index (χ2v) is 13.0. The Balaban J connectivity index is 1.18. The Bertz CT molecular complexity index is 3400. The van der Waals surface area contributed by atoms with Crippen molar-refractivity contribution in [2.24, 2.45) is 0 Å². The number of hydrogen-bond acceptors (Lipinski definition) is 0. The van der Waals surface area contributed by atoms with Crippen molar-refractivity contribution in [3.63, 3.8) is 0 Å². The van der Waals surface area contributed by atoms with Gasteiger partial charge < -0.3 is 13.7 Å². The van der Waals surface area contributed by atoms with Crippen molar-refractivity contribution in [3.8, 4) is 28.2 Å². The lowest BCUT2D eigenvalue weighted by molar-refractivity contribution is 1.17. The summed E-state index contributed by atoms with van der Waals surface area (Å²) >= 11 is 0. The van der Waals surface area contributed by atoms with Gasteiger partial charge in [0.1, 0.15) is 0 Å². The van der Waals surface area contributed by atoms with Crippen LogP contribution < -0.4 is 0 Å². The highest BCUT2D eigenvalue weighted by Gasteiger charge is 2.22. The molecular formula is C48H31N3.